The average Bonchev–Trinajstić information content (AvgIpc) is 3.12. The van der Waals surface area contributed by atoms with Gasteiger partial charge in [-0.25, -0.2) is 18.1 Å². The lowest BCUT2D eigenvalue weighted by molar-refractivity contribution is -0.137. The van der Waals surface area contributed by atoms with E-state index >= 15 is 0 Å². The first kappa shape index (κ1) is 20.8. The van der Waals surface area contributed by atoms with Gasteiger partial charge in [-0.3, -0.25) is 4.98 Å². The molecule has 0 saturated heterocycles. The Labute approximate surface area is 168 Å². The fourth-order valence-corrected chi connectivity index (χ4v) is 3.36. The fourth-order valence-electron chi connectivity index (χ4n) is 2.61. The molecule has 0 aliphatic carbocycles. The maximum atomic E-state index is 12.7. The first-order valence-corrected chi connectivity index (χ1v) is 9.90. The van der Waals surface area contributed by atoms with Crippen molar-refractivity contribution in [2.75, 3.05) is 12.4 Å². The second-order valence-corrected chi connectivity index (χ2v) is 8.12. The second-order valence-electron chi connectivity index (χ2n) is 6.23. The largest absolute Gasteiger partial charge is 0.417 e. The van der Waals surface area contributed by atoms with E-state index in [2.05, 4.69) is 20.0 Å². The molecule has 0 radical (unpaired) electrons. The summed E-state index contributed by atoms with van der Waals surface area (Å²) >= 11 is 0. The van der Waals surface area contributed by atoms with Gasteiger partial charge in [0.2, 0.25) is 10.0 Å². The van der Waals surface area contributed by atoms with Crippen LogP contribution < -0.4 is 10.0 Å². The second kappa shape index (κ2) is 7.84. The van der Waals surface area contributed by atoms with E-state index in [9.17, 15) is 21.6 Å². The van der Waals surface area contributed by atoms with Crippen LogP contribution in [0.4, 0.5) is 18.9 Å². The van der Waals surface area contributed by atoms with Crippen molar-refractivity contribution >= 4 is 15.7 Å². The predicted molar refractivity (Wildman–Crippen MR) is 106 cm³/mol. The molecule has 29 heavy (non-hydrogen) atoms. The van der Waals surface area contributed by atoms with Crippen molar-refractivity contribution in [2.45, 2.75) is 17.6 Å². The third-order valence-corrected chi connectivity index (χ3v) is 5.57. The van der Waals surface area contributed by atoms with Crippen LogP contribution in [0.3, 0.4) is 0 Å². The van der Waals surface area contributed by atoms with Crippen molar-refractivity contribution in [3.63, 3.8) is 0 Å². The molecule has 158 valence electrons. The van der Waals surface area contributed by atoms with Crippen LogP contribution in [0.5, 0.6) is 0 Å². The number of benzene rings is 1. The summed E-state index contributed by atoms with van der Waals surface area (Å²) in [6.07, 6.45) is -0.360. The number of aromatic nitrogens is 3. The number of imidazole rings is 1. The Bertz CT molecular complexity index is 1120. The van der Waals surface area contributed by atoms with E-state index in [0.29, 0.717) is 22.6 Å². The van der Waals surface area contributed by atoms with E-state index in [1.165, 1.54) is 25.2 Å². The van der Waals surface area contributed by atoms with Gasteiger partial charge in [0, 0.05) is 33.5 Å². The van der Waals surface area contributed by atoms with Crippen LogP contribution in [0.1, 0.15) is 14.1 Å². The van der Waals surface area contributed by atoms with E-state index in [1.807, 2.05) is 0 Å². The number of aryl methyl sites for hydroxylation is 1. The van der Waals surface area contributed by atoms with E-state index in [4.69, 9.17) is 0 Å². The monoisotopic (exact) mass is 429 g/mol. The van der Waals surface area contributed by atoms with Gasteiger partial charge in [-0.2, -0.15) is 13.2 Å². The summed E-state index contributed by atoms with van der Waals surface area (Å²) in [6.45, 7) is 0.149. The number of pyridine rings is 1. The molecule has 0 amide bonds. The maximum absolute atomic E-state index is 12.7. The zero-order valence-electron chi connectivity index (χ0n) is 15.5. The Morgan fingerprint density at radius 1 is 1.17 bits per heavy atom. The summed E-state index contributed by atoms with van der Waals surface area (Å²) in [6, 6.07) is 6.75. The minimum Gasteiger partial charge on any atom is -0.379 e. The van der Waals surface area contributed by atoms with Gasteiger partial charge in [0.25, 0.3) is 0 Å². The van der Waals surface area contributed by atoms with Gasteiger partial charge in [0.1, 0.15) is 0 Å². The molecule has 0 bridgehead atoms. The summed E-state index contributed by atoms with van der Waals surface area (Å²) < 4.78 is 66.2. The van der Waals surface area contributed by atoms with Crippen molar-refractivity contribution in [3.05, 3.63) is 60.3 Å². The molecule has 2 aromatic heterocycles. The molecular weight excluding hydrogens is 407 g/mol. The van der Waals surface area contributed by atoms with Gasteiger partial charge in [0.05, 0.1) is 34.7 Å². The third-order valence-electron chi connectivity index (χ3n) is 4.16. The molecule has 2 N–H and O–H groups in total. The van der Waals surface area contributed by atoms with Gasteiger partial charge in [-0.1, -0.05) is 0 Å². The number of sulfonamides is 1. The molecule has 2 heterocycles. The molecule has 0 fully saturated rings. The number of hydrogen-bond donors (Lipinski definition) is 2. The molecule has 11 heteroatoms. The molecule has 0 saturated carbocycles. The van der Waals surface area contributed by atoms with Crippen LogP contribution >= 0.6 is 0 Å². The Hall–Kier alpha value is -2.92. The summed E-state index contributed by atoms with van der Waals surface area (Å²) in [5.74, 6) is 0. The Balaban J connectivity index is 0.00000240. The van der Waals surface area contributed by atoms with Crippen LogP contribution in [-0.4, -0.2) is 30.0 Å². The summed E-state index contributed by atoms with van der Waals surface area (Å²) in [4.78, 5) is 8.15. The number of anilines is 1. The molecule has 0 aliphatic heterocycles. The predicted octanol–water partition coefficient (Wildman–Crippen LogP) is 3.51. The summed E-state index contributed by atoms with van der Waals surface area (Å²) in [7, 11) is -0.556. The molecule has 0 spiro atoms. The van der Waals surface area contributed by atoms with E-state index in [-0.39, 0.29) is 14.3 Å². The normalized spacial score (nSPS) is 12.2. The molecular formula is C18H22F3N5O2S. The number of nitrogens with zero attached hydrogens (tertiary/aromatic N) is 3. The number of rotatable bonds is 6. The van der Waals surface area contributed by atoms with E-state index in [1.54, 1.807) is 30.2 Å². The van der Waals surface area contributed by atoms with Crippen LogP contribution in [0.2, 0.25) is 0 Å². The smallest absolute Gasteiger partial charge is 0.379 e. The van der Waals surface area contributed by atoms with Gasteiger partial charge >= 0.3 is 6.18 Å². The molecule has 0 unspecified atom stereocenters. The molecule has 0 atom stereocenters. The van der Waals surface area contributed by atoms with Gasteiger partial charge < -0.3 is 9.88 Å². The maximum Gasteiger partial charge on any atom is 0.417 e. The van der Waals surface area contributed by atoms with E-state index < -0.39 is 21.8 Å². The lowest BCUT2D eigenvalue weighted by Crippen LogP contribution is -2.18. The Morgan fingerprint density at radius 3 is 2.48 bits per heavy atom. The number of hydrogen-bond acceptors (Lipinski definition) is 5. The fraction of sp³-hybridized carbons (Fsp3) is 0.222. The topological polar surface area (TPSA) is 88.9 Å². The van der Waals surface area contributed by atoms with Crippen molar-refractivity contribution < 1.29 is 24.4 Å². The average molecular weight is 429 g/mol. The van der Waals surface area contributed by atoms with Crippen LogP contribution in [0, 0.1) is 0 Å². The van der Waals surface area contributed by atoms with E-state index in [0.717, 1.165) is 12.3 Å². The molecule has 3 aromatic rings. The summed E-state index contributed by atoms with van der Waals surface area (Å²) in [5.41, 5.74) is 1.23. The lowest BCUT2D eigenvalue weighted by Gasteiger charge is -2.13. The SMILES string of the molecule is CNS(=O)(=O)c1ccc(NCc2ccc(C(F)(F)F)cn2)c(-c2cn(C)cn2)c1.[HH].[HH]. The third kappa shape index (κ3) is 4.74. The minimum absolute atomic E-state index is 0. The highest BCUT2D eigenvalue weighted by Crippen LogP contribution is 2.31. The minimum atomic E-state index is -4.44. The van der Waals surface area contributed by atoms with Crippen molar-refractivity contribution in [2.24, 2.45) is 7.05 Å². The first-order valence-electron chi connectivity index (χ1n) is 8.42. The van der Waals surface area contributed by atoms with Crippen LogP contribution in [0.15, 0.2) is 53.9 Å². The van der Waals surface area contributed by atoms with Crippen LogP contribution in [0.25, 0.3) is 11.3 Å². The van der Waals surface area contributed by atoms with Crippen LogP contribution in [-0.2, 0) is 29.8 Å². The Kier molecular flexibility index (Phi) is 5.62. The van der Waals surface area contributed by atoms with Crippen molar-refractivity contribution in [1.82, 2.24) is 19.3 Å². The molecule has 0 aliphatic rings. The lowest BCUT2D eigenvalue weighted by atomic mass is 10.1. The highest BCUT2D eigenvalue weighted by atomic mass is 32.2. The highest BCUT2D eigenvalue weighted by Gasteiger charge is 2.30. The molecule has 7 nitrogen and oxygen atoms in total. The zero-order chi connectivity index (χ0) is 21.2. The number of nitrogens with one attached hydrogen (secondary N) is 2. The zero-order valence-corrected chi connectivity index (χ0v) is 16.3. The highest BCUT2D eigenvalue weighted by molar-refractivity contribution is 7.89. The van der Waals surface area contributed by atoms with Crippen molar-refractivity contribution in [3.8, 4) is 11.3 Å². The molecule has 1 aromatic carbocycles. The quantitative estimate of drug-likeness (QED) is 0.626. The number of halogens is 3. The first-order chi connectivity index (χ1) is 13.6. The standard InChI is InChI=1S/C18H18F3N5O2S.2H2/c1-22-29(27,28)14-5-6-16(15(7-14)17-10-26(2)11-25-17)24-9-13-4-3-12(8-23-13)18(19,20)21;;/h3-8,10-11,22,24H,9H2,1-2H3;2*1H. The summed E-state index contributed by atoms with van der Waals surface area (Å²) in [5, 5.41) is 3.08. The molecule has 3 rings (SSSR count). The number of alkyl halides is 3. The van der Waals surface area contributed by atoms with Gasteiger partial charge in [0.15, 0.2) is 0 Å². The van der Waals surface area contributed by atoms with Gasteiger partial charge in [-0.05, 0) is 37.4 Å². The van der Waals surface area contributed by atoms with Gasteiger partial charge in [-0.15, -0.1) is 0 Å². The Morgan fingerprint density at radius 2 is 1.93 bits per heavy atom. The van der Waals surface area contributed by atoms with Crippen molar-refractivity contribution in [1.29, 1.82) is 0 Å².